The number of methoxy groups -OCH3 is 1. The summed E-state index contributed by atoms with van der Waals surface area (Å²) in [4.78, 5) is 28.5. The number of nitrogens with one attached hydrogen (secondary N) is 1. The average molecular weight is 385 g/mol. The van der Waals surface area contributed by atoms with Crippen molar-refractivity contribution in [1.82, 2.24) is 10.2 Å². The third-order valence-corrected chi connectivity index (χ3v) is 5.71. The predicted molar refractivity (Wildman–Crippen MR) is 108 cm³/mol. The van der Waals surface area contributed by atoms with E-state index in [0.717, 1.165) is 29.8 Å². The smallest absolute Gasteiger partial charge is 0.261 e. The number of rotatable bonds is 7. The molecule has 6 heteroatoms. The van der Waals surface area contributed by atoms with Crippen molar-refractivity contribution in [3.8, 4) is 0 Å². The molecule has 2 amide bonds. The lowest BCUT2D eigenvalue weighted by Crippen LogP contribution is -2.28. The maximum Gasteiger partial charge on any atom is 0.261 e. The minimum atomic E-state index is -0.0943. The summed E-state index contributed by atoms with van der Waals surface area (Å²) in [7, 11) is 1.60. The molecule has 3 rings (SSSR count). The van der Waals surface area contributed by atoms with Crippen LogP contribution in [0.3, 0.4) is 0 Å². The van der Waals surface area contributed by atoms with Gasteiger partial charge >= 0.3 is 0 Å². The molecule has 1 saturated heterocycles. The summed E-state index contributed by atoms with van der Waals surface area (Å²) >= 11 is 1.46. The minimum absolute atomic E-state index is 0.0147. The summed E-state index contributed by atoms with van der Waals surface area (Å²) < 4.78 is 4.95. The van der Waals surface area contributed by atoms with Gasteiger partial charge in [-0.05, 0) is 36.6 Å². The molecule has 1 aromatic heterocycles. The molecule has 5 nitrogen and oxygen atoms in total. The molecule has 142 valence electrons. The van der Waals surface area contributed by atoms with Crippen LogP contribution in [0.15, 0.2) is 48.5 Å². The molecule has 1 atom stereocenters. The van der Waals surface area contributed by atoms with Crippen LogP contribution in [0.4, 0.5) is 0 Å². The Morgan fingerprint density at radius 3 is 2.85 bits per heavy atom. The van der Waals surface area contributed by atoms with E-state index >= 15 is 0 Å². The molecule has 1 N–H and O–H groups in total. The van der Waals surface area contributed by atoms with Gasteiger partial charge in [-0.25, -0.2) is 0 Å². The molecule has 27 heavy (non-hydrogen) atoms. The highest BCUT2D eigenvalue weighted by molar-refractivity contribution is 7.14. The highest BCUT2D eigenvalue weighted by Gasteiger charge is 2.30. The first-order valence-electron chi connectivity index (χ1n) is 9.09. The highest BCUT2D eigenvalue weighted by atomic mass is 32.1. The minimum Gasteiger partial charge on any atom is -0.383 e. The molecule has 0 spiro atoms. The van der Waals surface area contributed by atoms with Crippen LogP contribution in [-0.4, -0.2) is 43.5 Å². The lowest BCUT2D eigenvalue weighted by molar-refractivity contribution is -0.126. The maximum atomic E-state index is 12.7. The van der Waals surface area contributed by atoms with Gasteiger partial charge in [0.25, 0.3) is 5.91 Å². The van der Waals surface area contributed by atoms with Crippen molar-refractivity contribution in [1.29, 1.82) is 0 Å². The molecule has 1 aliphatic heterocycles. The van der Waals surface area contributed by atoms with Gasteiger partial charge in [0.1, 0.15) is 0 Å². The number of nitrogens with zero attached hydrogens (tertiary/aromatic N) is 1. The molecule has 2 heterocycles. The van der Waals surface area contributed by atoms with Crippen LogP contribution in [0.1, 0.15) is 39.0 Å². The van der Waals surface area contributed by atoms with E-state index in [1.165, 1.54) is 11.3 Å². The van der Waals surface area contributed by atoms with E-state index in [9.17, 15) is 9.59 Å². The largest absolute Gasteiger partial charge is 0.383 e. The molecular weight excluding hydrogens is 360 g/mol. The van der Waals surface area contributed by atoms with E-state index in [-0.39, 0.29) is 17.9 Å². The molecule has 2 aromatic rings. The van der Waals surface area contributed by atoms with Crippen LogP contribution in [0.25, 0.3) is 6.08 Å². The number of carbonyl (C=O) groups is 2. The van der Waals surface area contributed by atoms with Gasteiger partial charge in [-0.1, -0.05) is 30.3 Å². The third-order valence-electron chi connectivity index (χ3n) is 4.52. The Morgan fingerprint density at radius 1 is 1.26 bits per heavy atom. The molecule has 1 unspecified atom stereocenters. The second kappa shape index (κ2) is 9.48. The van der Waals surface area contributed by atoms with Crippen molar-refractivity contribution in [2.45, 2.75) is 18.9 Å². The molecular formula is C21H24N2O3S. The van der Waals surface area contributed by atoms with Gasteiger partial charge in [-0.3, -0.25) is 9.59 Å². The van der Waals surface area contributed by atoms with E-state index in [4.69, 9.17) is 4.74 Å². The monoisotopic (exact) mass is 384 g/mol. The van der Waals surface area contributed by atoms with E-state index in [1.807, 2.05) is 53.4 Å². The van der Waals surface area contributed by atoms with Crippen molar-refractivity contribution in [2.75, 3.05) is 26.8 Å². The van der Waals surface area contributed by atoms with Crippen LogP contribution in [0.2, 0.25) is 0 Å². The van der Waals surface area contributed by atoms with Crippen molar-refractivity contribution in [3.63, 3.8) is 0 Å². The first-order valence-corrected chi connectivity index (χ1v) is 9.91. The first kappa shape index (κ1) is 19.3. The zero-order valence-electron chi connectivity index (χ0n) is 15.4. The zero-order valence-corrected chi connectivity index (χ0v) is 16.2. The second-order valence-electron chi connectivity index (χ2n) is 6.38. The molecule has 0 aliphatic carbocycles. The highest BCUT2D eigenvalue weighted by Crippen LogP contribution is 2.36. The Kier molecular flexibility index (Phi) is 6.79. The van der Waals surface area contributed by atoms with Gasteiger partial charge in [0.2, 0.25) is 5.91 Å². The lowest BCUT2D eigenvalue weighted by atomic mass is 10.1. The van der Waals surface area contributed by atoms with Gasteiger partial charge in [-0.2, -0.15) is 0 Å². The van der Waals surface area contributed by atoms with Crippen molar-refractivity contribution in [3.05, 3.63) is 63.9 Å². The Bertz CT molecular complexity index is 801. The number of hydrogen-bond donors (Lipinski definition) is 1. The maximum absolute atomic E-state index is 12.7. The van der Waals surface area contributed by atoms with E-state index in [1.54, 1.807) is 13.2 Å². The fraction of sp³-hybridized carbons (Fsp3) is 0.333. The number of likely N-dealkylation sites (tertiary alicyclic amines) is 1. The molecule has 1 aromatic carbocycles. The standard InChI is InChI=1S/C21H24N2O3S/c1-26-15-13-22-21(25)19-11-10-18(27-19)17-8-5-14-23(17)20(24)12-9-16-6-3-2-4-7-16/h2-4,6-7,9-12,17H,5,8,13-15H2,1H3,(H,22,25). The van der Waals surface area contributed by atoms with Gasteiger partial charge < -0.3 is 15.0 Å². The Labute approximate surface area is 163 Å². The second-order valence-corrected chi connectivity index (χ2v) is 7.50. The normalized spacial score (nSPS) is 16.8. The molecule has 0 saturated carbocycles. The first-order chi connectivity index (χ1) is 13.2. The average Bonchev–Trinajstić information content (AvgIpc) is 3.36. The summed E-state index contributed by atoms with van der Waals surface area (Å²) in [6.45, 7) is 1.72. The summed E-state index contributed by atoms with van der Waals surface area (Å²) in [6.07, 6.45) is 5.39. The van der Waals surface area contributed by atoms with Crippen molar-refractivity contribution < 1.29 is 14.3 Å². The molecule has 1 aliphatic rings. The summed E-state index contributed by atoms with van der Waals surface area (Å²) in [5, 5.41) is 2.83. The van der Waals surface area contributed by atoms with Crippen LogP contribution < -0.4 is 5.32 Å². The fourth-order valence-corrected chi connectivity index (χ4v) is 4.23. The van der Waals surface area contributed by atoms with Crippen LogP contribution in [-0.2, 0) is 9.53 Å². The van der Waals surface area contributed by atoms with Gasteiger partial charge in [0.15, 0.2) is 0 Å². The van der Waals surface area contributed by atoms with Gasteiger partial charge in [-0.15, -0.1) is 11.3 Å². The van der Waals surface area contributed by atoms with Crippen LogP contribution in [0.5, 0.6) is 0 Å². The Balaban J connectivity index is 1.65. The number of thiophene rings is 1. The van der Waals surface area contributed by atoms with E-state index < -0.39 is 0 Å². The number of amides is 2. The van der Waals surface area contributed by atoms with Crippen molar-refractivity contribution >= 4 is 29.2 Å². The van der Waals surface area contributed by atoms with Crippen LogP contribution >= 0.6 is 11.3 Å². The zero-order chi connectivity index (χ0) is 19.1. The van der Waals surface area contributed by atoms with Crippen molar-refractivity contribution in [2.24, 2.45) is 0 Å². The fourth-order valence-electron chi connectivity index (χ4n) is 3.16. The quantitative estimate of drug-likeness (QED) is 0.587. The Hall–Kier alpha value is -2.44. The van der Waals surface area contributed by atoms with Gasteiger partial charge in [0.05, 0.1) is 17.5 Å². The Morgan fingerprint density at radius 2 is 2.07 bits per heavy atom. The molecule has 0 radical (unpaired) electrons. The van der Waals surface area contributed by atoms with Crippen LogP contribution in [0, 0.1) is 0 Å². The number of benzene rings is 1. The molecule has 0 bridgehead atoms. The molecule has 1 fully saturated rings. The van der Waals surface area contributed by atoms with Gasteiger partial charge in [0, 0.05) is 31.2 Å². The SMILES string of the molecule is COCCNC(=O)c1ccc(C2CCCN2C(=O)C=Cc2ccccc2)s1. The lowest BCUT2D eigenvalue weighted by Gasteiger charge is -2.22. The number of hydrogen-bond acceptors (Lipinski definition) is 4. The predicted octanol–water partition coefficient (Wildman–Crippen LogP) is 3.50. The summed E-state index contributed by atoms with van der Waals surface area (Å²) in [5.74, 6) is -0.0796. The van der Waals surface area contributed by atoms with E-state index in [0.29, 0.717) is 18.0 Å². The summed E-state index contributed by atoms with van der Waals surface area (Å²) in [6, 6.07) is 13.6. The van der Waals surface area contributed by atoms with E-state index in [2.05, 4.69) is 5.32 Å². The number of carbonyl (C=O) groups excluding carboxylic acids is 2. The number of ether oxygens (including phenoxy) is 1. The third kappa shape index (κ3) is 5.05. The topological polar surface area (TPSA) is 58.6 Å². The summed E-state index contributed by atoms with van der Waals surface area (Å²) in [5.41, 5.74) is 1.01.